The van der Waals surface area contributed by atoms with E-state index in [4.69, 9.17) is 16.3 Å². The van der Waals surface area contributed by atoms with Crippen LogP contribution in [0.15, 0.2) is 47.4 Å². The second-order valence-corrected chi connectivity index (χ2v) is 6.99. The van der Waals surface area contributed by atoms with Gasteiger partial charge < -0.3 is 4.74 Å². The molecule has 0 amide bonds. The van der Waals surface area contributed by atoms with Crippen molar-refractivity contribution in [2.75, 3.05) is 6.61 Å². The van der Waals surface area contributed by atoms with Gasteiger partial charge in [0, 0.05) is 6.04 Å². The molecule has 0 saturated heterocycles. The van der Waals surface area contributed by atoms with Gasteiger partial charge >= 0.3 is 0 Å². The molecular formula is C16H17ClFNO3S. The molecule has 4 nitrogen and oxygen atoms in total. The molecular weight excluding hydrogens is 341 g/mol. The smallest absolute Gasteiger partial charge is 0.244 e. The van der Waals surface area contributed by atoms with Gasteiger partial charge in [-0.2, -0.15) is 0 Å². The van der Waals surface area contributed by atoms with E-state index in [1.54, 1.807) is 31.2 Å². The maximum atomic E-state index is 13.9. The lowest BCUT2D eigenvalue weighted by Gasteiger charge is -2.16. The summed E-state index contributed by atoms with van der Waals surface area (Å²) in [5, 5.41) is -0.237. The van der Waals surface area contributed by atoms with E-state index in [-0.39, 0.29) is 5.02 Å². The summed E-state index contributed by atoms with van der Waals surface area (Å²) in [6.45, 7) is 4.04. The summed E-state index contributed by atoms with van der Waals surface area (Å²) in [5.74, 6) is -0.318. The van der Waals surface area contributed by atoms with Gasteiger partial charge in [-0.25, -0.2) is 17.5 Å². The van der Waals surface area contributed by atoms with Crippen molar-refractivity contribution in [3.63, 3.8) is 0 Å². The third-order valence-electron chi connectivity index (χ3n) is 3.21. The van der Waals surface area contributed by atoms with Gasteiger partial charge in [-0.1, -0.05) is 29.8 Å². The Hall–Kier alpha value is -1.63. The minimum Gasteiger partial charge on any atom is -0.494 e. The van der Waals surface area contributed by atoms with E-state index in [0.717, 1.165) is 0 Å². The fraction of sp³-hybridized carbons (Fsp3) is 0.250. The maximum Gasteiger partial charge on any atom is 0.244 e. The van der Waals surface area contributed by atoms with Crippen molar-refractivity contribution in [3.05, 3.63) is 58.9 Å². The molecule has 7 heteroatoms. The fourth-order valence-electron chi connectivity index (χ4n) is 2.10. The highest BCUT2D eigenvalue weighted by Gasteiger charge is 2.23. The Morgan fingerprint density at radius 3 is 2.65 bits per heavy atom. The van der Waals surface area contributed by atoms with Crippen molar-refractivity contribution in [1.82, 2.24) is 4.72 Å². The van der Waals surface area contributed by atoms with E-state index in [1.165, 1.54) is 18.2 Å². The number of ether oxygens (including phenoxy) is 1. The highest BCUT2D eigenvalue weighted by molar-refractivity contribution is 7.89. The predicted molar refractivity (Wildman–Crippen MR) is 87.8 cm³/mol. The van der Waals surface area contributed by atoms with Crippen LogP contribution in [0.3, 0.4) is 0 Å². The highest BCUT2D eigenvalue weighted by Crippen LogP contribution is 2.25. The molecule has 0 fully saturated rings. The SMILES string of the molecule is CCOc1cccc(C(C)NS(=O)(=O)c2cccc(Cl)c2F)c1. The number of rotatable bonds is 6. The minimum atomic E-state index is -4.04. The lowest BCUT2D eigenvalue weighted by molar-refractivity contribution is 0.339. The number of hydrogen-bond acceptors (Lipinski definition) is 3. The van der Waals surface area contributed by atoms with Crippen LogP contribution in [0.1, 0.15) is 25.5 Å². The molecule has 0 aliphatic rings. The Bertz CT molecular complexity index is 796. The number of sulfonamides is 1. The summed E-state index contributed by atoms with van der Waals surface area (Å²) in [6.07, 6.45) is 0. The molecule has 0 bridgehead atoms. The number of halogens is 2. The first-order valence-electron chi connectivity index (χ1n) is 7.04. The van der Waals surface area contributed by atoms with Crippen LogP contribution >= 0.6 is 11.6 Å². The molecule has 1 N–H and O–H groups in total. The molecule has 23 heavy (non-hydrogen) atoms. The summed E-state index contributed by atoms with van der Waals surface area (Å²) in [7, 11) is -4.04. The van der Waals surface area contributed by atoms with Gasteiger partial charge in [0.25, 0.3) is 0 Å². The first-order chi connectivity index (χ1) is 10.8. The highest BCUT2D eigenvalue weighted by atomic mass is 35.5. The van der Waals surface area contributed by atoms with Crippen LogP contribution in [0, 0.1) is 5.82 Å². The zero-order valence-electron chi connectivity index (χ0n) is 12.7. The molecule has 0 radical (unpaired) electrons. The Morgan fingerprint density at radius 1 is 1.26 bits per heavy atom. The fourth-order valence-corrected chi connectivity index (χ4v) is 3.66. The van der Waals surface area contributed by atoms with E-state index in [0.29, 0.717) is 17.9 Å². The summed E-state index contributed by atoms with van der Waals surface area (Å²) >= 11 is 5.65. The van der Waals surface area contributed by atoms with E-state index in [9.17, 15) is 12.8 Å². The van der Waals surface area contributed by atoms with Gasteiger partial charge in [0.2, 0.25) is 10.0 Å². The Balaban J connectivity index is 2.26. The van der Waals surface area contributed by atoms with E-state index >= 15 is 0 Å². The van der Waals surface area contributed by atoms with Gasteiger partial charge in [-0.15, -0.1) is 0 Å². The predicted octanol–water partition coefficient (Wildman–Crippen LogP) is 3.92. The molecule has 2 aromatic rings. The molecule has 1 unspecified atom stereocenters. The quantitative estimate of drug-likeness (QED) is 0.852. The van der Waals surface area contributed by atoms with Gasteiger partial charge in [-0.05, 0) is 43.7 Å². The van der Waals surface area contributed by atoms with Crippen molar-refractivity contribution < 1.29 is 17.5 Å². The molecule has 0 aliphatic carbocycles. The normalized spacial score (nSPS) is 12.9. The van der Waals surface area contributed by atoms with Crippen molar-refractivity contribution >= 4 is 21.6 Å². The summed E-state index contributed by atoms with van der Waals surface area (Å²) in [6, 6.07) is 10.4. The largest absolute Gasteiger partial charge is 0.494 e. The van der Waals surface area contributed by atoms with Crippen molar-refractivity contribution in [1.29, 1.82) is 0 Å². The molecule has 2 rings (SSSR count). The first-order valence-corrected chi connectivity index (χ1v) is 8.90. The standard InChI is InChI=1S/C16H17ClFNO3S/c1-3-22-13-7-4-6-12(10-13)11(2)19-23(20,21)15-9-5-8-14(17)16(15)18/h4-11,19H,3H2,1-2H3. The number of hydrogen-bond donors (Lipinski definition) is 1. The van der Waals surface area contributed by atoms with Crippen LogP contribution in [0.5, 0.6) is 5.75 Å². The third-order valence-corrected chi connectivity index (χ3v) is 5.06. The molecule has 0 aliphatic heterocycles. The number of benzene rings is 2. The molecule has 0 spiro atoms. The van der Waals surface area contributed by atoms with Crippen molar-refractivity contribution in [3.8, 4) is 5.75 Å². The molecule has 0 heterocycles. The van der Waals surface area contributed by atoms with Gasteiger partial charge in [0.15, 0.2) is 5.82 Å². The second-order valence-electron chi connectivity index (χ2n) is 4.90. The molecule has 124 valence electrons. The van der Waals surface area contributed by atoms with E-state index in [2.05, 4.69) is 4.72 Å². The Kier molecular flexibility index (Phi) is 5.62. The summed E-state index contributed by atoms with van der Waals surface area (Å²) < 4.78 is 46.5. The molecule has 0 aromatic heterocycles. The Labute approximate surface area is 140 Å². The molecule has 2 aromatic carbocycles. The summed E-state index contributed by atoms with van der Waals surface area (Å²) in [5.41, 5.74) is 0.710. The third kappa shape index (κ3) is 4.22. The van der Waals surface area contributed by atoms with Crippen LogP contribution in [-0.2, 0) is 10.0 Å². The zero-order chi connectivity index (χ0) is 17.0. The topological polar surface area (TPSA) is 55.4 Å². The molecule has 1 atom stereocenters. The van der Waals surface area contributed by atoms with E-state index < -0.39 is 26.8 Å². The van der Waals surface area contributed by atoms with Crippen LogP contribution in [0.2, 0.25) is 5.02 Å². The second kappa shape index (κ2) is 7.29. The van der Waals surface area contributed by atoms with Crippen molar-refractivity contribution in [2.24, 2.45) is 0 Å². The lowest BCUT2D eigenvalue weighted by atomic mass is 10.1. The van der Waals surface area contributed by atoms with Crippen LogP contribution in [0.25, 0.3) is 0 Å². The van der Waals surface area contributed by atoms with Gasteiger partial charge in [0.1, 0.15) is 10.6 Å². The van der Waals surface area contributed by atoms with Crippen LogP contribution in [-0.4, -0.2) is 15.0 Å². The number of nitrogens with one attached hydrogen (secondary N) is 1. The monoisotopic (exact) mass is 357 g/mol. The average molecular weight is 358 g/mol. The lowest BCUT2D eigenvalue weighted by Crippen LogP contribution is -2.27. The van der Waals surface area contributed by atoms with Crippen molar-refractivity contribution in [2.45, 2.75) is 24.8 Å². The van der Waals surface area contributed by atoms with Gasteiger partial charge in [-0.3, -0.25) is 0 Å². The average Bonchev–Trinajstić information content (AvgIpc) is 2.50. The molecule has 0 saturated carbocycles. The van der Waals surface area contributed by atoms with E-state index in [1.807, 2.05) is 6.92 Å². The zero-order valence-corrected chi connectivity index (χ0v) is 14.3. The maximum absolute atomic E-state index is 13.9. The van der Waals surface area contributed by atoms with Gasteiger partial charge in [0.05, 0.1) is 11.6 Å². The minimum absolute atomic E-state index is 0.237. The van der Waals surface area contributed by atoms with Crippen LogP contribution in [0.4, 0.5) is 4.39 Å². The summed E-state index contributed by atoms with van der Waals surface area (Å²) in [4.78, 5) is -0.474. The Morgan fingerprint density at radius 2 is 1.96 bits per heavy atom. The van der Waals surface area contributed by atoms with Crippen LogP contribution < -0.4 is 9.46 Å². The first kappa shape index (κ1) is 17.7.